The predicted octanol–water partition coefficient (Wildman–Crippen LogP) is 2.87. The summed E-state index contributed by atoms with van der Waals surface area (Å²) in [5.41, 5.74) is 1.38. The number of amides is 1. The van der Waals surface area contributed by atoms with Crippen LogP contribution in [0.4, 0.5) is 5.69 Å². The Balaban J connectivity index is 2.15. The van der Waals surface area contributed by atoms with Crippen molar-refractivity contribution in [1.29, 1.82) is 0 Å². The molecule has 0 radical (unpaired) electrons. The first-order valence-corrected chi connectivity index (χ1v) is 7.52. The Kier molecular flexibility index (Phi) is 4.58. The highest BCUT2D eigenvalue weighted by Crippen LogP contribution is 2.33. The van der Waals surface area contributed by atoms with Gasteiger partial charge < -0.3 is 10.6 Å². The molecule has 0 bridgehead atoms. The van der Waals surface area contributed by atoms with Gasteiger partial charge >= 0.3 is 0 Å². The van der Waals surface area contributed by atoms with Gasteiger partial charge in [0.25, 0.3) is 0 Å². The number of halogens is 1. The van der Waals surface area contributed by atoms with Crippen LogP contribution in [0.15, 0.2) is 16.7 Å². The summed E-state index contributed by atoms with van der Waals surface area (Å²) < 4.78 is 0.786. The van der Waals surface area contributed by atoms with Gasteiger partial charge in [-0.25, -0.2) is 4.98 Å². The second kappa shape index (κ2) is 6.01. The fourth-order valence-corrected chi connectivity index (χ4v) is 3.06. The average Bonchev–Trinajstić information content (AvgIpc) is 2.83. The summed E-state index contributed by atoms with van der Waals surface area (Å²) in [5, 5.41) is 6.35. The van der Waals surface area contributed by atoms with Crippen molar-refractivity contribution in [1.82, 2.24) is 10.3 Å². The molecule has 1 aliphatic rings. The van der Waals surface area contributed by atoms with E-state index in [2.05, 4.69) is 38.5 Å². The number of hydrogen-bond donors (Lipinski definition) is 2. The molecular weight excluding hydrogens is 306 g/mol. The zero-order valence-electron chi connectivity index (χ0n) is 11.4. The van der Waals surface area contributed by atoms with Gasteiger partial charge in [-0.05, 0) is 54.4 Å². The molecule has 4 nitrogen and oxygen atoms in total. The molecule has 1 unspecified atom stereocenters. The molecule has 0 saturated carbocycles. The number of carbonyl (C=O) groups is 1. The molecule has 5 heteroatoms. The summed E-state index contributed by atoms with van der Waals surface area (Å²) in [6.07, 6.45) is 2.86. The highest BCUT2D eigenvalue weighted by atomic mass is 79.9. The number of anilines is 1. The van der Waals surface area contributed by atoms with Crippen LogP contribution in [0.3, 0.4) is 0 Å². The van der Waals surface area contributed by atoms with Crippen LogP contribution in [-0.2, 0) is 4.79 Å². The number of aryl methyl sites for hydroxylation is 1. The highest BCUT2D eigenvalue weighted by Gasteiger charge is 2.40. The van der Waals surface area contributed by atoms with Crippen LogP contribution in [0, 0.1) is 12.3 Å². The molecule has 1 atom stereocenters. The van der Waals surface area contributed by atoms with Crippen LogP contribution >= 0.6 is 15.9 Å². The summed E-state index contributed by atoms with van der Waals surface area (Å²) in [6.45, 7) is 5.72. The molecule has 2 N–H and O–H groups in total. The van der Waals surface area contributed by atoms with E-state index in [1.165, 1.54) is 0 Å². The molecule has 0 aromatic carbocycles. The molecule has 104 valence electrons. The Morgan fingerprint density at radius 2 is 2.37 bits per heavy atom. The molecule has 0 aliphatic carbocycles. The van der Waals surface area contributed by atoms with Gasteiger partial charge in [0.1, 0.15) is 4.60 Å². The normalized spacial score (nSPS) is 22.5. The van der Waals surface area contributed by atoms with E-state index in [1.54, 1.807) is 0 Å². The second-order valence-electron chi connectivity index (χ2n) is 5.18. The number of nitrogens with zero attached hydrogens (tertiary/aromatic N) is 1. The molecule has 1 amide bonds. The first-order valence-electron chi connectivity index (χ1n) is 6.73. The van der Waals surface area contributed by atoms with Gasteiger partial charge in [0.05, 0.1) is 16.8 Å². The largest absolute Gasteiger partial charge is 0.324 e. The lowest BCUT2D eigenvalue weighted by atomic mass is 9.81. The summed E-state index contributed by atoms with van der Waals surface area (Å²) in [6, 6.07) is 3.74. The molecule has 19 heavy (non-hydrogen) atoms. The first kappa shape index (κ1) is 14.5. The number of pyridine rings is 1. The van der Waals surface area contributed by atoms with Gasteiger partial charge in [0, 0.05) is 6.54 Å². The predicted molar refractivity (Wildman–Crippen MR) is 80.1 cm³/mol. The Hall–Kier alpha value is -0.940. The first-order chi connectivity index (χ1) is 9.07. The van der Waals surface area contributed by atoms with E-state index in [-0.39, 0.29) is 11.3 Å². The maximum Gasteiger partial charge on any atom is 0.231 e. The van der Waals surface area contributed by atoms with Gasteiger partial charge in [-0.2, -0.15) is 0 Å². The smallest absolute Gasteiger partial charge is 0.231 e. The van der Waals surface area contributed by atoms with Crippen molar-refractivity contribution in [3.8, 4) is 0 Å². The van der Waals surface area contributed by atoms with Crippen LogP contribution in [-0.4, -0.2) is 24.0 Å². The zero-order valence-corrected chi connectivity index (χ0v) is 13.0. The van der Waals surface area contributed by atoms with Crippen molar-refractivity contribution in [2.45, 2.75) is 33.1 Å². The Morgan fingerprint density at radius 3 is 2.95 bits per heavy atom. The third-order valence-electron chi connectivity index (χ3n) is 3.75. The van der Waals surface area contributed by atoms with Gasteiger partial charge in [-0.15, -0.1) is 0 Å². The quantitative estimate of drug-likeness (QED) is 0.837. The van der Waals surface area contributed by atoms with Crippen molar-refractivity contribution in [2.24, 2.45) is 5.41 Å². The molecule has 1 aromatic rings. The summed E-state index contributed by atoms with van der Waals surface area (Å²) in [4.78, 5) is 16.9. The number of nitrogens with one attached hydrogen (secondary N) is 2. The van der Waals surface area contributed by atoms with Crippen molar-refractivity contribution in [2.75, 3.05) is 18.4 Å². The van der Waals surface area contributed by atoms with Gasteiger partial charge in [-0.1, -0.05) is 13.3 Å². The lowest BCUT2D eigenvalue weighted by Gasteiger charge is -2.26. The van der Waals surface area contributed by atoms with Crippen LogP contribution in [0.1, 0.15) is 31.9 Å². The van der Waals surface area contributed by atoms with Crippen LogP contribution < -0.4 is 10.6 Å². The molecule has 0 spiro atoms. The lowest BCUT2D eigenvalue weighted by molar-refractivity contribution is -0.125. The molecular formula is C14H20BrN3O. The van der Waals surface area contributed by atoms with E-state index in [0.717, 1.165) is 48.3 Å². The van der Waals surface area contributed by atoms with Crippen LogP contribution in [0.2, 0.25) is 0 Å². The second-order valence-corrected chi connectivity index (χ2v) is 5.99. The van der Waals surface area contributed by atoms with E-state index in [1.807, 2.05) is 19.1 Å². The third-order valence-corrected chi connectivity index (χ3v) is 4.20. The fraction of sp³-hybridized carbons (Fsp3) is 0.571. The van der Waals surface area contributed by atoms with Crippen molar-refractivity contribution in [3.05, 3.63) is 22.4 Å². The Labute approximate surface area is 122 Å². The average molecular weight is 326 g/mol. The SMILES string of the molecule is CCCC1(C(=O)Nc2ccc(Br)nc2C)CCNC1. The van der Waals surface area contributed by atoms with Crippen molar-refractivity contribution >= 4 is 27.5 Å². The fourth-order valence-electron chi connectivity index (χ4n) is 2.66. The van der Waals surface area contributed by atoms with Crippen molar-refractivity contribution < 1.29 is 4.79 Å². The Bertz CT molecular complexity index is 470. The van der Waals surface area contributed by atoms with E-state index in [4.69, 9.17) is 0 Å². The van der Waals surface area contributed by atoms with E-state index >= 15 is 0 Å². The molecule has 2 heterocycles. The summed E-state index contributed by atoms with van der Waals surface area (Å²) in [7, 11) is 0. The topological polar surface area (TPSA) is 54.0 Å². The van der Waals surface area contributed by atoms with E-state index < -0.39 is 0 Å². The molecule has 2 rings (SSSR count). The highest BCUT2D eigenvalue weighted by molar-refractivity contribution is 9.10. The maximum atomic E-state index is 12.6. The zero-order chi connectivity index (χ0) is 13.9. The number of aromatic nitrogens is 1. The number of hydrogen-bond acceptors (Lipinski definition) is 3. The molecule has 1 fully saturated rings. The standard InChI is InChI=1S/C14H20BrN3O/c1-3-6-14(7-8-16-9-14)13(19)18-11-4-5-12(15)17-10(11)2/h4-5,16H,3,6-9H2,1-2H3,(H,18,19). The summed E-state index contributed by atoms with van der Waals surface area (Å²) >= 11 is 3.33. The van der Waals surface area contributed by atoms with E-state index in [9.17, 15) is 4.79 Å². The Morgan fingerprint density at radius 1 is 1.58 bits per heavy atom. The third kappa shape index (κ3) is 3.15. The van der Waals surface area contributed by atoms with E-state index in [0.29, 0.717) is 0 Å². The lowest BCUT2D eigenvalue weighted by Crippen LogP contribution is -2.38. The summed E-state index contributed by atoms with van der Waals surface area (Å²) in [5.74, 6) is 0.117. The number of rotatable bonds is 4. The maximum absolute atomic E-state index is 12.6. The van der Waals surface area contributed by atoms with Crippen LogP contribution in [0.25, 0.3) is 0 Å². The van der Waals surface area contributed by atoms with Crippen LogP contribution in [0.5, 0.6) is 0 Å². The van der Waals surface area contributed by atoms with Gasteiger partial charge in [0.2, 0.25) is 5.91 Å². The monoisotopic (exact) mass is 325 g/mol. The van der Waals surface area contributed by atoms with Crippen molar-refractivity contribution in [3.63, 3.8) is 0 Å². The molecule has 1 saturated heterocycles. The number of carbonyl (C=O) groups excluding carboxylic acids is 1. The molecule has 1 aromatic heterocycles. The minimum atomic E-state index is -0.256. The minimum absolute atomic E-state index is 0.117. The molecule has 1 aliphatic heterocycles. The van der Waals surface area contributed by atoms with Gasteiger partial charge in [0.15, 0.2) is 0 Å². The minimum Gasteiger partial charge on any atom is -0.324 e. The van der Waals surface area contributed by atoms with Gasteiger partial charge in [-0.3, -0.25) is 4.79 Å².